The number of fused-ring (bicyclic) bond motifs is 1. The summed E-state index contributed by atoms with van der Waals surface area (Å²) in [6.07, 6.45) is 3.84. The van der Waals surface area contributed by atoms with Crippen LogP contribution in [-0.4, -0.2) is 22.4 Å². The van der Waals surface area contributed by atoms with E-state index in [2.05, 4.69) is 10.3 Å². The van der Waals surface area contributed by atoms with Crippen molar-refractivity contribution in [2.75, 3.05) is 12.4 Å². The molecule has 0 aliphatic carbocycles. The number of nitrogens with zero attached hydrogens (tertiary/aromatic N) is 2. The van der Waals surface area contributed by atoms with Crippen LogP contribution in [0.3, 0.4) is 0 Å². The molecule has 0 bridgehead atoms. The second-order valence-electron chi connectivity index (χ2n) is 5.97. The number of imidazole rings is 1. The fourth-order valence-electron chi connectivity index (χ4n) is 2.83. The second-order valence-corrected chi connectivity index (χ2v) is 5.97. The van der Waals surface area contributed by atoms with Gasteiger partial charge in [0.05, 0.1) is 18.5 Å². The summed E-state index contributed by atoms with van der Waals surface area (Å²) in [5, 5.41) is 2.82. The van der Waals surface area contributed by atoms with Crippen LogP contribution in [0.2, 0.25) is 0 Å². The van der Waals surface area contributed by atoms with Crippen molar-refractivity contribution in [1.29, 1.82) is 0 Å². The fraction of sp³-hybridized carbons (Fsp3) is 0.0476. The van der Waals surface area contributed by atoms with E-state index >= 15 is 0 Å². The molecule has 2 heterocycles. The topological polar surface area (TPSA) is 55.6 Å². The monoisotopic (exact) mass is 361 g/mol. The van der Waals surface area contributed by atoms with Gasteiger partial charge in [0.2, 0.25) is 0 Å². The van der Waals surface area contributed by atoms with Gasteiger partial charge in [-0.2, -0.15) is 0 Å². The van der Waals surface area contributed by atoms with E-state index in [0.29, 0.717) is 17.0 Å². The van der Waals surface area contributed by atoms with Gasteiger partial charge in [0.15, 0.2) is 0 Å². The Balaban J connectivity index is 1.68. The third-order valence-electron chi connectivity index (χ3n) is 4.21. The normalized spacial score (nSPS) is 10.7. The van der Waals surface area contributed by atoms with Crippen molar-refractivity contribution >= 4 is 17.2 Å². The standard InChI is InChI=1S/C21H16FN3O2/c1-27-19-10-7-15(18-13-25-11-3-2-4-20(25)23-18)12-17(19)24-21(26)14-5-8-16(22)9-6-14/h2-13H,1H3,(H,24,26). The van der Waals surface area contributed by atoms with Crippen molar-refractivity contribution in [2.24, 2.45) is 0 Å². The van der Waals surface area contributed by atoms with Gasteiger partial charge in [0.1, 0.15) is 17.2 Å². The zero-order valence-electron chi connectivity index (χ0n) is 14.5. The molecule has 1 N–H and O–H groups in total. The zero-order chi connectivity index (χ0) is 18.8. The van der Waals surface area contributed by atoms with E-state index in [1.807, 2.05) is 47.1 Å². The largest absolute Gasteiger partial charge is 0.495 e. The molecule has 2 aromatic heterocycles. The Morgan fingerprint density at radius 1 is 1.11 bits per heavy atom. The minimum atomic E-state index is -0.391. The molecule has 6 heteroatoms. The molecular formula is C21H16FN3O2. The van der Waals surface area contributed by atoms with Gasteiger partial charge in [-0.15, -0.1) is 0 Å². The molecule has 0 atom stereocenters. The summed E-state index contributed by atoms with van der Waals surface area (Å²) in [7, 11) is 1.54. The lowest BCUT2D eigenvalue weighted by molar-refractivity contribution is 0.102. The zero-order valence-corrected chi connectivity index (χ0v) is 14.5. The molecule has 0 saturated carbocycles. The van der Waals surface area contributed by atoms with Gasteiger partial charge in [-0.25, -0.2) is 9.37 Å². The summed E-state index contributed by atoms with van der Waals surface area (Å²) >= 11 is 0. The molecular weight excluding hydrogens is 345 g/mol. The molecule has 4 rings (SSSR count). The van der Waals surface area contributed by atoms with Crippen LogP contribution in [0.1, 0.15) is 10.4 Å². The first kappa shape index (κ1) is 16.8. The fourth-order valence-corrected chi connectivity index (χ4v) is 2.83. The predicted octanol–water partition coefficient (Wildman–Crippen LogP) is 4.40. The Labute approximate surface area is 155 Å². The Morgan fingerprint density at radius 2 is 1.93 bits per heavy atom. The van der Waals surface area contributed by atoms with Crippen molar-refractivity contribution in [3.05, 3.63) is 84.4 Å². The third-order valence-corrected chi connectivity index (χ3v) is 4.21. The first-order valence-electron chi connectivity index (χ1n) is 8.33. The van der Waals surface area contributed by atoms with Crippen molar-refractivity contribution < 1.29 is 13.9 Å². The summed E-state index contributed by atoms with van der Waals surface area (Å²) in [5.41, 5.74) is 3.33. The van der Waals surface area contributed by atoms with Crippen molar-refractivity contribution in [3.8, 4) is 17.0 Å². The number of ether oxygens (including phenoxy) is 1. The first-order chi connectivity index (χ1) is 13.1. The summed E-state index contributed by atoms with van der Waals surface area (Å²) in [6, 6.07) is 16.6. The van der Waals surface area contributed by atoms with Crippen LogP contribution in [0, 0.1) is 5.82 Å². The molecule has 5 nitrogen and oxygen atoms in total. The molecule has 4 aromatic rings. The highest BCUT2D eigenvalue weighted by atomic mass is 19.1. The number of halogens is 1. The maximum absolute atomic E-state index is 13.1. The average Bonchev–Trinajstić information content (AvgIpc) is 3.12. The molecule has 0 aliphatic heterocycles. The molecule has 0 unspecified atom stereocenters. The van der Waals surface area contributed by atoms with Crippen molar-refractivity contribution in [1.82, 2.24) is 9.38 Å². The quantitative estimate of drug-likeness (QED) is 0.586. The molecule has 27 heavy (non-hydrogen) atoms. The lowest BCUT2D eigenvalue weighted by atomic mass is 10.1. The van der Waals surface area contributed by atoms with Crippen LogP contribution in [0.25, 0.3) is 16.9 Å². The highest BCUT2D eigenvalue weighted by molar-refractivity contribution is 6.05. The number of benzene rings is 2. The van der Waals surface area contributed by atoms with Crippen LogP contribution >= 0.6 is 0 Å². The highest BCUT2D eigenvalue weighted by Gasteiger charge is 2.13. The molecule has 0 fully saturated rings. The van der Waals surface area contributed by atoms with Crippen LogP contribution in [-0.2, 0) is 0 Å². The highest BCUT2D eigenvalue weighted by Crippen LogP contribution is 2.30. The van der Waals surface area contributed by atoms with Gasteiger partial charge in [0, 0.05) is 23.5 Å². The minimum Gasteiger partial charge on any atom is -0.495 e. The van der Waals surface area contributed by atoms with E-state index in [-0.39, 0.29) is 5.91 Å². The van der Waals surface area contributed by atoms with Crippen LogP contribution in [0.15, 0.2) is 73.1 Å². The smallest absolute Gasteiger partial charge is 0.255 e. The number of hydrogen-bond acceptors (Lipinski definition) is 3. The van der Waals surface area contributed by atoms with Crippen LogP contribution < -0.4 is 10.1 Å². The number of methoxy groups -OCH3 is 1. The maximum atomic E-state index is 13.1. The number of nitrogens with one attached hydrogen (secondary N) is 1. The Morgan fingerprint density at radius 3 is 2.67 bits per heavy atom. The number of amides is 1. The van der Waals surface area contributed by atoms with E-state index in [9.17, 15) is 9.18 Å². The van der Waals surface area contributed by atoms with Crippen LogP contribution in [0.5, 0.6) is 5.75 Å². The lowest BCUT2D eigenvalue weighted by Gasteiger charge is -2.11. The Hall–Kier alpha value is -3.67. The summed E-state index contributed by atoms with van der Waals surface area (Å²) in [6.45, 7) is 0. The van der Waals surface area contributed by atoms with Gasteiger partial charge in [-0.05, 0) is 54.6 Å². The predicted molar refractivity (Wildman–Crippen MR) is 102 cm³/mol. The molecule has 0 saturated heterocycles. The maximum Gasteiger partial charge on any atom is 0.255 e. The minimum absolute atomic E-state index is 0.347. The molecule has 134 valence electrons. The first-order valence-corrected chi connectivity index (χ1v) is 8.33. The molecule has 0 spiro atoms. The number of carbonyl (C=O) groups excluding carboxylic acids is 1. The number of rotatable bonds is 4. The number of pyridine rings is 1. The van der Waals surface area contributed by atoms with Crippen molar-refractivity contribution in [2.45, 2.75) is 0 Å². The second kappa shape index (κ2) is 6.92. The van der Waals surface area contributed by atoms with Gasteiger partial charge in [0.25, 0.3) is 5.91 Å². The summed E-state index contributed by atoms with van der Waals surface area (Å²) in [5.74, 6) is -0.212. The van der Waals surface area contributed by atoms with E-state index < -0.39 is 5.82 Å². The van der Waals surface area contributed by atoms with E-state index in [1.165, 1.54) is 31.4 Å². The third kappa shape index (κ3) is 3.37. The SMILES string of the molecule is COc1ccc(-c2cn3ccccc3n2)cc1NC(=O)c1ccc(F)cc1. The number of anilines is 1. The summed E-state index contributed by atoms with van der Waals surface area (Å²) < 4.78 is 20.3. The molecule has 1 amide bonds. The van der Waals surface area contributed by atoms with Crippen LogP contribution in [0.4, 0.5) is 10.1 Å². The number of hydrogen-bond donors (Lipinski definition) is 1. The van der Waals surface area contributed by atoms with Gasteiger partial charge in [-0.3, -0.25) is 4.79 Å². The number of carbonyl (C=O) groups is 1. The molecule has 2 aromatic carbocycles. The summed E-state index contributed by atoms with van der Waals surface area (Å²) in [4.78, 5) is 17.1. The van der Waals surface area contributed by atoms with Gasteiger partial charge < -0.3 is 14.5 Å². The van der Waals surface area contributed by atoms with E-state index in [0.717, 1.165) is 16.9 Å². The van der Waals surface area contributed by atoms with E-state index in [1.54, 1.807) is 6.07 Å². The Kier molecular flexibility index (Phi) is 4.30. The van der Waals surface area contributed by atoms with E-state index in [4.69, 9.17) is 4.74 Å². The van der Waals surface area contributed by atoms with Gasteiger partial charge in [-0.1, -0.05) is 6.07 Å². The molecule has 0 radical (unpaired) electrons. The van der Waals surface area contributed by atoms with Gasteiger partial charge >= 0.3 is 0 Å². The molecule has 0 aliphatic rings. The number of aromatic nitrogens is 2. The average molecular weight is 361 g/mol. The Bertz CT molecular complexity index is 1090. The van der Waals surface area contributed by atoms with Crippen molar-refractivity contribution in [3.63, 3.8) is 0 Å². The lowest BCUT2D eigenvalue weighted by Crippen LogP contribution is -2.12.